The highest BCUT2D eigenvalue weighted by Gasteiger charge is 2.29. The second-order valence-corrected chi connectivity index (χ2v) is 7.55. The van der Waals surface area contributed by atoms with Crippen molar-refractivity contribution in [2.75, 3.05) is 31.5 Å². The Labute approximate surface area is 176 Å². The molecule has 0 radical (unpaired) electrons. The summed E-state index contributed by atoms with van der Waals surface area (Å²) in [6.45, 7) is 12.9. The van der Waals surface area contributed by atoms with Crippen molar-refractivity contribution in [3.8, 4) is 0 Å². The number of H-pyrrole nitrogens is 1. The van der Waals surface area contributed by atoms with Crippen LogP contribution >= 0.6 is 0 Å². The fraction of sp³-hybridized carbons (Fsp3) is 0.391. The van der Waals surface area contributed by atoms with Gasteiger partial charge in [-0.15, -0.1) is 0 Å². The van der Waals surface area contributed by atoms with Crippen LogP contribution in [0, 0.1) is 19.7 Å². The number of fused-ring (bicyclic) bond motifs is 1. The minimum Gasteiger partial charge on any atom is -0.358 e. The highest BCUT2D eigenvalue weighted by molar-refractivity contribution is 6.36. The average molecular weight is 413 g/mol. The monoisotopic (exact) mass is 412 g/mol. The van der Waals surface area contributed by atoms with Gasteiger partial charge in [-0.25, -0.2) is 4.39 Å². The van der Waals surface area contributed by atoms with E-state index in [4.69, 9.17) is 0 Å². The molecule has 3 N–H and O–H groups in total. The first kappa shape index (κ1) is 21.8. The van der Waals surface area contributed by atoms with E-state index in [1.54, 1.807) is 6.07 Å². The summed E-state index contributed by atoms with van der Waals surface area (Å²) in [6.07, 6.45) is 0. The van der Waals surface area contributed by atoms with Gasteiger partial charge in [-0.3, -0.25) is 9.59 Å². The number of rotatable bonds is 7. The van der Waals surface area contributed by atoms with E-state index < -0.39 is 5.82 Å². The topological polar surface area (TPSA) is 77.2 Å². The lowest BCUT2D eigenvalue weighted by Gasteiger charge is -2.18. The van der Waals surface area contributed by atoms with Crippen molar-refractivity contribution in [3.05, 3.63) is 52.1 Å². The number of allylic oxidation sites excluding steroid dienone is 1. The first-order valence-corrected chi connectivity index (χ1v) is 10.3. The van der Waals surface area contributed by atoms with Gasteiger partial charge in [0.1, 0.15) is 5.82 Å². The molecule has 3 rings (SSSR count). The first-order valence-electron chi connectivity index (χ1n) is 10.3. The van der Waals surface area contributed by atoms with Crippen LogP contribution in [0.3, 0.4) is 0 Å². The van der Waals surface area contributed by atoms with E-state index in [2.05, 4.69) is 34.4 Å². The number of hydrogen-bond donors (Lipinski definition) is 3. The number of carbonyl (C=O) groups is 2. The number of carbonyl (C=O) groups excluding carboxylic acids is 2. The number of aryl methyl sites for hydroxylation is 1. The third kappa shape index (κ3) is 4.03. The van der Waals surface area contributed by atoms with Crippen LogP contribution in [0.1, 0.15) is 53.6 Å². The maximum atomic E-state index is 13.8. The highest BCUT2D eigenvalue weighted by Crippen LogP contribution is 2.38. The van der Waals surface area contributed by atoms with Gasteiger partial charge in [-0.1, -0.05) is 13.8 Å². The maximum Gasteiger partial charge on any atom is 0.256 e. The van der Waals surface area contributed by atoms with Crippen LogP contribution in [-0.2, 0) is 4.79 Å². The molecule has 0 spiro atoms. The summed E-state index contributed by atoms with van der Waals surface area (Å²) in [6, 6.07) is 4.24. The minimum absolute atomic E-state index is 0.139. The second kappa shape index (κ2) is 8.83. The van der Waals surface area contributed by atoms with Crippen LogP contribution in [0.2, 0.25) is 0 Å². The zero-order valence-corrected chi connectivity index (χ0v) is 18.2. The van der Waals surface area contributed by atoms with Crippen LogP contribution in [0.4, 0.5) is 10.1 Å². The van der Waals surface area contributed by atoms with E-state index in [1.807, 2.05) is 20.8 Å². The van der Waals surface area contributed by atoms with Gasteiger partial charge < -0.3 is 20.5 Å². The predicted octanol–water partition coefficient (Wildman–Crippen LogP) is 3.73. The summed E-state index contributed by atoms with van der Waals surface area (Å²) < 4.78 is 13.8. The van der Waals surface area contributed by atoms with Crippen LogP contribution < -0.4 is 10.6 Å². The molecule has 160 valence electrons. The zero-order chi connectivity index (χ0) is 22.0. The lowest BCUT2D eigenvalue weighted by atomic mass is 9.97. The van der Waals surface area contributed by atoms with Crippen molar-refractivity contribution in [3.63, 3.8) is 0 Å². The molecule has 0 saturated carbocycles. The molecule has 30 heavy (non-hydrogen) atoms. The lowest BCUT2D eigenvalue weighted by Crippen LogP contribution is -2.35. The number of hydrogen-bond acceptors (Lipinski definition) is 3. The predicted molar refractivity (Wildman–Crippen MR) is 118 cm³/mol. The molecule has 0 fully saturated rings. The molecule has 0 saturated heterocycles. The minimum atomic E-state index is -0.400. The van der Waals surface area contributed by atoms with Gasteiger partial charge in [-0.05, 0) is 63.2 Å². The van der Waals surface area contributed by atoms with E-state index in [0.717, 1.165) is 30.9 Å². The van der Waals surface area contributed by atoms with Crippen molar-refractivity contribution in [2.24, 2.45) is 0 Å². The molecule has 2 amide bonds. The average Bonchev–Trinajstić information content (AvgIpc) is 3.19. The molecule has 1 aromatic heterocycles. The van der Waals surface area contributed by atoms with Crippen molar-refractivity contribution in [1.29, 1.82) is 0 Å². The van der Waals surface area contributed by atoms with Crippen molar-refractivity contribution in [2.45, 2.75) is 34.6 Å². The summed E-state index contributed by atoms with van der Waals surface area (Å²) in [7, 11) is 0. The molecule has 7 heteroatoms. The largest absolute Gasteiger partial charge is 0.358 e. The molecule has 2 aromatic rings. The van der Waals surface area contributed by atoms with E-state index >= 15 is 0 Å². The standard InChI is InChI=1S/C23H29FN4O2/c1-6-28(7-2)11-10-25-22(29)19-13(3)21(26-15(19)5)14(4)20-17-12-16(24)8-9-18(17)27-23(20)30/h8-9,12,26H,6-7,10-11H2,1-5H3,(H,25,29)(H,27,30)/b20-14-. The van der Waals surface area contributed by atoms with Crippen LogP contribution in [-0.4, -0.2) is 47.9 Å². The Bertz CT molecular complexity index is 1020. The third-order valence-corrected chi connectivity index (χ3v) is 5.75. The number of anilines is 1. The smallest absolute Gasteiger partial charge is 0.256 e. The van der Waals surface area contributed by atoms with Gasteiger partial charge in [0.2, 0.25) is 0 Å². The van der Waals surface area contributed by atoms with Crippen LogP contribution in [0.5, 0.6) is 0 Å². The van der Waals surface area contributed by atoms with Gasteiger partial charge in [0.05, 0.1) is 11.1 Å². The molecule has 0 unspecified atom stereocenters. The summed E-state index contributed by atoms with van der Waals surface area (Å²) in [5.41, 5.74) is 5.03. The maximum absolute atomic E-state index is 13.8. The summed E-state index contributed by atoms with van der Waals surface area (Å²) in [5.74, 6) is -0.812. The van der Waals surface area contributed by atoms with Crippen LogP contribution in [0.15, 0.2) is 18.2 Å². The Balaban J connectivity index is 1.91. The summed E-state index contributed by atoms with van der Waals surface area (Å²) in [4.78, 5) is 30.9. The van der Waals surface area contributed by atoms with Crippen LogP contribution in [0.25, 0.3) is 11.1 Å². The SMILES string of the molecule is CCN(CC)CCNC(=O)c1c(C)[nH]c(/C(C)=C2\C(=O)Nc3ccc(F)cc32)c1C. The Morgan fingerprint density at radius 2 is 1.90 bits per heavy atom. The number of nitrogens with one attached hydrogen (secondary N) is 3. The van der Waals surface area contributed by atoms with Crippen molar-refractivity contribution < 1.29 is 14.0 Å². The number of likely N-dealkylation sites (N-methyl/N-ethyl adjacent to an activating group) is 1. The van der Waals surface area contributed by atoms with Gasteiger partial charge >= 0.3 is 0 Å². The number of benzene rings is 1. The number of aromatic nitrogens is 1. The van der Waals surface area contributed by atoms with Gasteiger partial charge in [-0.2, -0.15) is 0 Å². The Kier molecular flexibility index (Phi) is 6.41. The number of halogens is 1. The molecular weight excluding hydrogens is 383 g/mol. The molecule has 0 bridgehead atoms. The fourth-order valence-corrected chi connectivity index (χ4v) is 4.06. The Morgan fingerprint density at radius 3 is 2.57 bits per heavy atom. The molecule has 0 atom stereocenters. The van der Waals surface area contributed by atoms with Crippen molar-refractivity contribution in [1.82, 2.24) is 15.2 Å². The molecule has 1 aliphatic rings. The van der Waals surface area contributed by atoms with E-state index in [-0.39, 0.29) is 11.8 Å². The molecule has 1 aromatic carbocycles. The molecule has 6 nitrogen and oxygen atoms in total. The van der Waals surface area contributed by atoms with Gasteiger partial charge in [0, 0.05) is 35.7 Å². The van der Waals surface area contributed by atoms with Gasteiger partial charge in [0.15, 0.2) is 0 Å². The molecular formula is C23H29FN4O2. The number of nitrogens with zero attached hydrogens (tertiary/aromatic N) is 1. The molecule has 2 heterocycles. The molecule has 0 aliphatic carbocycles. The fourth-order valence-electron chi connectivity index (χ4n) is 4.06. The molecule has 1 aliphatic heterocycles. The quantitative estimate of drug-likeness (QED) is 0.607. The van der Waals surface area contributed by atoms with Gasteiger partial charge in [0.25, 0.3) is 11.8 Å². The first-order chi connectivity index (χ1) is 14.3. The lowest BCUT2D eigenvalue weighted by molar-refractivity contribution is -0.110. The van der Waals surface area contributed by atoms with E-state index in [9.17, 15) is 14.0 Å². The Morgan fingerprint density at radius 1 is 1.20 bits per heavy atom. The second-order valence-electron chi connectivity index (χ2n) is 7.55. The Hall–Kier alpha value is -2.93. The number of amides is 2. The highest BCUT2D eigenvalue weighted by atomic mass is 19.1. The number of aromatic amines is 1. The summed E-state index contributed by atoms with van der Waals surface area (Å²) >= 11 is 0. The van der Waals surface area contributed by atoms with E-state index in [1.165, 1.54) is 12.1 Å². The normalized spacial score (nSPS) is 14.7. The zero-order valence-electron chi connectivity index (χ0n) is 18.2. The summed E-state index contributed by atoms with van der Waals surface area (Å²) in [5, 5.41) is 5.77. The van der Waals surface area contributed by atoms with E-state index in [0.29, 0.717) is 40.2 Å². The third-order valence-electron chi connectivity index (χ3n) is 5.75. The van der Waals surface area contributed by atoms with Crippen molar-refractivity contribution >= 4 is 28.6 Å².